The summed E-state index contributed by atoms with van der Waals surface area (Å²) in [5.41, 5.74) is 2.76. The van der Waals surface area contributed by atoms with Crippen molar-refractivity contribution >= 4 is 23.0 Å². The number of aromatic nitrogens is 2. The van der Waals surface area contributed by atoms with Gasteiger partial charge in [-0.15, -0.1) is 0 Å². The van der Waals surface area contributed by atoms with Crippen LogP contribution in [0.3, 0.4) is 0 Å². The molecule has 0 unspecified atom stereocenters. The lowest BCUT2D eigenvalue weighted by Crippen LogP contribution is -2.25. The molecule has 146 valence electrons. The number of benzene rings is 1. The van der Waals surface area contributed by atoms with Crippen molar-refractivity contribution < 1.29 is 9.59 Å². The van der Waals surface area contributed by atoms with E-state index in [0.29, 0.717) is 23.7 Å². The third-order valence-electron chi connectivity index (χ3n) is 4.62. The Kier molecular flexibility index (Phi) is 6.09. The molecule has 6 heteroatoms. The number of rotatable bonds is 7. The summed E-state index contributed by atoms with van der Waals surface area (Å²) in [6.07, 6.45) is 3.63. The van der Waals surface area contributed by atoms with E-state index in [9.17, 15) is 9.59 Å². The van der Waals surface area contributed by atoms with Gasteiger partial charge in [-0.25, -0.2) is 4.98 Å². The second-order valence-corrected chi connectivity index (χ2v) is 7.08. The van der Waals surface area contributed by atoms with Crippen LogP contribution >= 0.6 is 0 Å². The molecule has 0 spiro atoms. The summed E-state index contributed by atoms with van der Waals surface area (Å²) < 4.78 is 1.65. The summed E-state index contributed by atoms with van der Waals surface area (Å²) >= 11 is 0. The standard InChI is InChI=1S/C22H26N4O2/c1-4-5-13-23-21(27)19-18-8-6-7-14-26(18)20(25-19)22(28)24-17-11-9-16(10-12-17)15(2)3/h6-12,14-15H,4-5,13H2,1-3H3,(H,23,27)(H,24,28). The quantitative estimate of drug-likeness (QED) is 0.604. The van der Waals surface area contributed by atoms with Gasteiger partial charge in [0.2, 0.25) is 5.82 Å². The van der Waals surface area contributed by atoms with Gasteiger partial charge in [-0.2, -0.15) is 0 Å². The van der Waals surface area contributed by atoms with Gasteiger partial charge in [-0.1, -0.05) is 45.4 Å². The smallest absolute Gasteiger partial charge is 0.292 e. The van der Waals surface area contributed by atoms with Gasteiger partial charge in [0.1, 0.15) is 0 Å². The molecular weight excluding hydrogens is 352 g/mol. The van der Waals surface area contributed by atoms with Gasteiger partial charge in [0.25, 0.3) is 11.8 Å². The topological polar surface area (TPSA) is 75.5 Å². The second kappa shape index (κ2) is 8.69. The molecule has 3 aromatic rings. The minimum absolute atomic E-state index is 0.184. The minimum atomic E-state index is -0.355. The Morgan fingerprint density at radius 1 is 1.07 bits per heavy atom. The van der Waals surface area contributed by atoms with E-state index in [1.807, 2.05) is 36.4 Å². The van der Waals surface area contributed by atoms with E-state index in [1.165, 1.54) is 5.56 Å². The molecular formula is C22H26N4O2. The zero-order chi connectivity index (χ0) is 20.1. The normalized spacial score (nSPS) is 11.0. The highest BCUT2D eigenvalue weighted by molar-refractivity contribution is 6.06. The van der Waals surface area contributed by atoms with Crippen LogP contribution in [0.5, 0.6) is 0 Å². The Bertz CT molecular complexity index is 974. The molecule has 0 fully saturated rings. The molecule has 0 aliphatic carbocycles. The molecule has 2 aromatic heterocycles. The molecule has 0 aliphatic rings. The summed E-state index contributed by atoms with van der Waals surface area (Å²) in [6.45, 7) is 6.90. The van der Waals surface area contributed by atoms with Crippen molar-refractivity contribution in [2.75, 3.05) is 11.9 Å². The molecule has 0 radical (unpaired) electrons. The molecule has 1 aromatic carbocycles. The summed E-state index contributed by atoms with van der Waals surface area (Å²) in [4.78, 5) is 29.7. The number of nitrogens with zero attached hydrogens (tertiary/aromatic N) is 2. The zero-order valence-corrected chi connectivity index (χ0v) is 16.5. The predicted octanol–water partition coefficient (Wildman–Crippen LogP) is 4.24. The number of fused-ring (bicyclic) bond motifs is 1. The van der Waals surface area contributed by atoms with Crippen molar-refractivity contribution in [2.45, 2.75) is 39.5 Å². The van der Waals surface area contributed by atoms with Crippen LogP contribution in [0.4, 0.5) is 5.69 Å². The van der Waals surface area contributed by atoms with E-state index >= 15 is 0 Å². The number of nitrogens with one attached hydrogen (secondary N) is 2. The molecule has 28 heavy (non-hydrogen) atoms. The van der Waals surface area contributed by atoms with E-state index in [-0.39, 0.29) is 23.3 Å². The summed E-state index contributed by atoms with van der Waals surface area (Å²) in [6, 6.07) is 13.2. The number of amides is 2. The average molecular weight is 378 g/mol. The van der Waals surface area contributed by atoms with Gasteiger partial charge >= 0.3 is 0 Å². The highest BCUT2D eigenvalue weighted by Gasteiger charge is 2.21. The number of hydrogen-bond donors (Lipinski definition) is 2. The van der Waals surface area contributed by atoms with Crippen molar-refractivity contribution in [1.82, 2.24) is 14.7 Å². The van der Waals surface area contributed by atoms with Gasteiger partial charge in [0.05, 0.1) is 5.52 Å². The van der Waals surface area contributed by atoms with Crippen LogP contribution in [0.15, 0.2) is 48.7 Å². The first-order chi connectivity index (χ1) is 13.5. The fourth-order valence-electron chi connectivity index (χ4n) is 2.97. The van der Waals surface area contributed by atoms with E-state index in [2.05, 4.69) is 36.4 Å². The summed E-state index contributed by atoms with van der Waals surface area (Å²) in [5, 5.41) is 5.73. The lowest BCUT2D eigenvalue weighted by Gasteiger charge is -2.08. The van der Waals surface area contributed by atoms with Crippen molar-refractivity contribution in [2.24, 2.45) is 0 Å². The number of hydrogen-bond acceptors (Lipinski definition) is 3. The lowest BCUT2D eigenvalue weighted by atomic mass is 10.0. The number of imidazole rings is 1. The maximum atomic E-state index is 12.8. The highest BCUT2D eigenvalue weighted by Crippen LogP contribution is 2.19. The largest absolute Gasteiger partial charge is 0.351 e. The lowest BCUT2D eigenvalue weighted by molar-refractivity contribution is 0.0950. The molecule has 2 heterocycles. The number of carbonyl (C=O) groups is 2. The van der Waals surface area contributed by atoms with Crippen LogP contribution < -0.4 is 10.6 Å². The van der Waals surface area contributed by atoms with Crippen molar-refractivity contribution in [3.63, 3.8) is 0 Å². The van der Waals surface area contributed by atoms with Gasteiger partial charge in [0, 0.05) is 18.4 Å². The fraction of sp³-hybridized carbons (Fsp3) is 0.318. The third kappa shape index (κ3) is 4.22. The molecule has 3 rings (SSSR count). The fourth-order valence-corrected chi connectivity index (χ4v) is 2.97. The molecule has 2 N–H and O–H groups in total. The molecule has 0 saturated carbocycles. The maximum Gasteiger partial charge on any atom is 0.292 e. The predicted molar refractivity (Wildman–Crippen MR) is 111 cm³/mol. The number of carbonyl (C=O) groups excluding carboxylic acids is 2. The third-order valence-corrected chi connectivity index (χ3v) is 4.62. The first kappa shape index (κ1) is 19.6. The molecule has 6 nitrogen and oxygen atoms in total. The Morgan fingerprint density at radius 3 is 2.50 bits per heavy atom. The van der Waals surface area contributed by atoms with Crippen molar-refractivity contribution in [3.05, 3.63) is 65.7 Å². The Hall–Kier alpha value is -3.15. The number of unbranched alkanes of at least 4 members (excludes halogenated alkanes) is 1. The van der Waals surface area contributed by atoms with Gasteiger partial charge in [0.15, 0.2) is 5.69 Å². The molecule has 0 atom stereocenters. The van der Waals surface area contributed by atoms with Crippen LogP contribution in [-0.2, 0) is 0 Å². The maximum absolute atomic E-state index is 12.8. The van der Waals surface area contributed by atoms with E-state index in [0.717, 1.165) is 12.8 Å². The first-order valence-electron chi connectivity index (χ1n) is 9.67. The van der Waals surface area contributed by atoms with Gasteiger partial charge in [-0.05, 0) is 42.2 Å². The van der Waals surface area contributed by atoms with Crippen LogP contribution in [0.2, 0.25) is 0 Å². The van der Waals surface area contributed by atoms with Crippen LogP contribution in [0.1, 0.15) is 66.2 Å². The highest BCUT2D eigenvalue weighted by atomic mass is 16.2. The number of anilines is 1. The van der Waals surface area contributed by atoms with Crippen molar-refractivity contribution in [3.8, 4) is 0 Å². The first-order valence-corrected chi connectivity index (χ1v) is 9.67. The van der Waals surface area contributed by atoms with E-state index < -0.39 is 0 Å². The average Bonchev–Trinajstić information content (AvgIpc) is 3.08. The molecule has 2 amide bonds. The van der Waals surface area contributed by atoms with Gasteiger partial charge in [-0.3, -0.25) is 14.0 Å². The van der Waals surface area contributed by atoms with Crippen LogP contribution in [-0.4, -0.2) is 27.7 Å². The second-order valence-electron chi connectivity index (χ2n) is 7.08. The Balaban J connectivity index is 1.85. The number of pyridine rings is 1. The molecule has 0 bridgehead atoms. The van der Waals surface area contributed by atoms with Crippen molar-refractivity contribution in [1.29, 1.82) is 0 Å². The van der Waals surface area contributed by atoms with Gasteiger partial charge < -0.3 is 10.6 Å². The van der Waals surface area contributed by atoms with Crippen LogP contribution in [0.25, 0.3) is 5.52 Å². The monoisotopic (exact) mass is 378 g/mol. The molecule has 0 saturated heterocycles. The molecule has 0 aliphatic heterocycles. The van der Waals surface area contributed by atoms with E-state index in [1.54, 1.807) is 16.7 Å². The SMILES string of the molecule is CCCCNC(=O)c1nc(C(=O)Nc2ccc(C(C)C)cc2)n2ccccc12. The Labute approximate surface area is 165 Å². The van der Waals surface area contributed by atoms with Crippen LogP contribution in [0, 0.1) is 0 Å². The summed E-state index contributed by atoms with van der Waals surface area (Å²) in [5.74, 6) is -0.0115. The zero-order valence-electron chi connectivity index (χ0n) is 16.5. The summed E-state index contributed by atoms with van der Waals surface area (Å²) in [7, 11) is 0. The van der Waals surface area contributed by atoms with E-state index in [4.69, 9.17) is 0 Å². The minimum Gasteiger partial charge on any atom is -0.351 e. The Morgan fingerprint density at radius 2 is 1.82 bits per heavy atom.